The van der Waals surface area contributed by atoms with E-state index in [0.717, 1.165) is 53.8 Å². The summed E-state index contributed by atoms with van der Waals surface area (Å²) in [6, 6.07) is 8.73. The minimum Gasteiger partial charge on any atom is -0.493 e. The van der Waals surface area contributed by atoms with Crippen LogP contribution in [0.15, 0.2) is 52.9 Å². The summed E-state index contributed by atoms with van der Waals surface area (Å²) < 4.78 is 36.9. The molecule has 0 radical (unpaired) electrons. The number of halogens is 1. The molecule has 2 aliphatic heterocycles. The normalized spacial score (nSPS) is 18.0. The van der Waals surface area contributed by atoms with Crippen molar-refractivity contribution in [1.29, 1.82) is 0 Å². The van der Waals surface area contributed by atoms with Crippen molar-refractivity contribution in [1.82, 2.24) is 20.1 Å². The van der Waals surface area contributed by atoms with Gasteiger partial charge in [-0.15, -0.1) is 0 Å². The van der Waals surface area contributed by atoms with E-state index in [-0.39, 0.29) is 30.4 Å². The van der Waals surface area contributed by atoms with E-state index in [0.29, 0.717) is 42.0 Å². The fourth-order valence-corrected chi connectivity index (χ4v) is 6.82. The highest BCUT2D eigenvalue weighted by atomic mass is 19.1. The molecule has 47 heavy (non-hydrogen) atoms. The summed E-state index contributed by atoms with van der Waals surface area (Å²) in [6.45, 7) is 5.73. The second-order valence-corrected chi connectivity index (χ2v) is 12.2. The smallest absolute Gasteiger partial charge is 0.415 e. The van der Waals surface area contributed by atoms with E-state index in [1.165, 1.54) is 58.2 Å². The van der Waals surface area contributed by atoms with Crippen LogP contribution in [0.5, 0.6) is 17.2 Å². The Bertz CT molecular complexity index is 1650. The topological polar surface area (TPSA) is 106 Å². The third-order valence-corrected chi connectivity index (χ3v) is 9.35. The van der Waals surface area contributed by atoms with E-state index in [2.05, 4.69) is 15.2 Å². The van der Waals surface area contributed by atoms with Crippen LogP contribution < -0.4 is 19.5 Å². The second-order valence-electron chi connectivity index (χ2n) is 12.2. The summed E-state index contributed by atoms with van der Waals surface area (Å²) in [7, 11) is 3.04. The first-order chi connectivity index (χ1) is 22.8. The number of oxazole rings is 1. The van der Waals surface area contributed by atoms with Gasteiger partial charge in [0.2, 0.25) is 11.7 Å². The summed E-state index contributed by atoms with van der Waals surface area (Å²) in [5.74, 6) is 0.785. The summed E-state index contributed by atoms with van der Waals surface area (Å²) in [5, 5.41) is 2.92. The quantitative estimate of drug-likeness (QED) is 0.304. The highest BCUT2D eigenvalue weighted by Gasteiger charge is 2.30. The first kappa shape index (κ1) is 32.3. The zero-order valence-electron chi connectivity index (χ0n) is 27.1. The van der Waals surface area contributed by atoms with Crippen molar-refractivity contribution < 1.29 is 32.6 Å². The van der Waals surface area contributed by atoms with Gasteiger partial charge in [-0.25, -0.2) is 14.2 Å². The number of carbonyl (C=O) groups is 2. The molecular weight excluding hydrogens is 603 g/mol. The lowest BCUT2D eigenvalue weighted by Gasteiger charge is -2.39. The van der Waals surface area contributed by atoms with Crippen molar-refractivity contribution in [2.75, 3.05) is 46.9 Å². The average Bonchev–Trinajstić information content (AvgIpc) is 3.69. The monoisotopic (exact) mass is 644 g/mol. The van der Waals surface area contributed by atoms with Gasteiger partial charge in [-0.3, -0.25) is 4.79 Å². The Labute approximate surface area is 274 Å². The number of rotatable bonds is 9. The van der Waals surface area contributed by atoms with Crippen LogP contribution in [0, 0.1) is 5.82 Å². The number of piperidine rings is 2. The minimum absolute atomic E-state index is 0.0540. The fraction of sp³-hybridized carbons (Fsp3) is 0.417. The molecule has 1 aliphatic carbocycles. The van der Waals surface area contributed by atoms with Crippen LogP contribution in [-0.2, 0) is 11.2 Å². The molecule has 3 aromatic rings. The number of ether oxygens (including phenoxy) is 3. The van der Waals surface area contributed by atoms with Gasteiger partial charge in [0, 0.05) is 25.7 Å². The molecule has 10 nitrogen and oxygen atoms in total. The van der Waals surface area contributed by atoms with Gasteiger partial charge in [0.05, 0.1) is 26.8 Å². The number of fused-ring (bicyclic) bond motifs is 1. The molecule has 2 saturated heterocycles. The maximum atomic E-state index is 14.4. The van der Waals surface area contributed by atoms with Crippen LogP contribution in [0.25, 0.3) is 17.2 Å². The maximum Gasteiger partial charge on any atom is 0.415 e. The van der Waals surface area contributed by atoms with E-state index in [9.17, 15) is 14.0 Å². The Morgan fingerprint density at radius 3 is 2.40 bits per heavy atom. The van der Waals surface area contributed by atoms with Gasteiger partial charge in [-0.1, -0.05) is 12.5 Å². The molecule has 3 aliphatic rings. The molecule has 0 atom stereocenters. The van der Waals surface area contributed by atoms with E-state index in [4.69, 9.17) is 18.6 Å². The molecule has 0 spiro atoms. The van der Waals surface area contributed by atoms with E-state index in [1.807, 2.05) is 13.0 Å². The molecule has 0 saturated carbocycles. The highest BCUT2D eigenvalue weighted by molar-refractivity contribution is 6.06. The minimum atomic E-state index is -0.426. The summed E-state index contributed by atoms with van der Waals surface area (Å²) in [5.41, 5.74) is 4.86. The van der Waals surface area contributed by atoms with Gasteiger partial charge in [-0.05, 0) is 109 Å². The van der Waals surface area contributed by atoms with Crippen molar-refractivity contribution in [2.24, 2.45) is 0 Å². The molecule has 1 aromatic heterocycles. The van der Waals surface area contributed by atoms with E-state index < -0.39 is 6.09 Å². The van der Waals surface area contributed by atoms with Crippen molar-refractivity contribution in [3.8, 4) is 17.2 Å². The third kappa shape index (κ3) is 7.20. The van der Waals surface area contributed by atoms with Crippen molar-refractivity contribution in [2.45, 2.75) is 51.5 Å². The van der Waals surface area contributed by atoms with Gasteiger partial charge in [-0.2, -0.15) is 0 Å². The fourth-order valence-electron chi connectivity index (χ4n) is 6.82. The molecule has 11 heteroatoms. The van der Waals surface area contributed by atoms with E-state index in [1.54, 1.807) is 23.1 Å². The molecular formula is C36H41FN4O6. The number of amides is 2. The van der Waals surface area contributed by atoms with Gasteiger partial charge >= 0.3 is 6.09 Å². The number of methoxy groups -OCH3 is 2. The van der Waals surface area contributed by atoms with Crippen LogP contribution in [0.4, 0.5) is 9.18 Å². The Morgan fingerprint density at radius 1 is 1.02 bits per heavy atom. The number of benzene rings is 2. The molecule has 2 amide bonds. The van der Waals surface area contributed by atoms with E-state index >= 15 is 0 Å². The third-order valence-electron chi connectivity index (χ3n) is 9.35. The number of nitrogens with zero attached hydrogens (tertiary/aromatic N) is 3. The van der Waals surface area contributed by atoms with Crippen LogP contribution in [0.2, 0.25) is 0 Å². The molecule has 0 bridgehead atoms. The van der Waals surface area contributed by atoms with Crippen LogP contribution in [0.3, 0.4) is 0 Å². The maximum absolute atomic E-state index is 14.4. The Balaban J connectivity index is 1.20. The number of likely N-dealkylation sites (tertiary alicyclic amines) is 2. The Kier molecular flexibility index (Phi) is 9.91. The largest absolute Gasteiger partial charge is 0.493 e. The molecule has 1 N–H and O–H groups in total. The van der Waals surface area contributed by atoms with Crippen molar-refractivity contribution >= 4 is 29.2 Å². The number of allylic oxidation sites excluding steroid dienone is 2. The second kappa shape index (κ2) is 14.4. The standard InChI is InChI=1S/C36H41FN4O6/c1-23-29(28-8-7-25(37)18-30(28)31(23)21-39-34(42)19-27-20-38-22-46-27)15-24-16-32(44-2)35(33(17-24)45-3)47-36(43)41-13-9-26(10-14-41)40-11-5-4-6-12-40/h7-8,15-18,20,22,26H,4-6,9-14,19,21H2,1-3H3,(H,39,42)/b29-15-. The van der Waals surface area contributed by atoms with Crippen LogP contribution in [-0.4, -0.2) is 79.8 Å². The lowest BCUT2D eigenvalue weighted by Crippen LogP contribution is -2.48. The van der Waals surface area contributed by atoms with Gasteiger partial charge in [0.25, 0.3) is 0 Å². The number of carbonyl (C=O) groups excluding carboxylic acids is 2. The number of nitrogens with one attached hydrogen (secondary N) is 1. The SMILES string of the molecule is COc1cc(/C=C2/C(C)=C(CNC(=O)Cc3cnco3)c3cc(F)ccc32)cc(OC)c1OC(=O)N1CCC(N2CCCCC2)CC1. The predicted molar refractivity (Wildman–Crippen MR) is 176 cm³/mol. The first-order valence-corrected chi connectivity index (χ1v) is 16.2. The summed E-state index contributed by atoms with van der Waals surface area (Å²) in [6.07, 6.45) is 10.0. The first-order valence-electron chi connectivity index (χ1n) is 16.2. The Morgan fingerprint density at radius 2 is 1.74 bits per heavy atom. The Hall–Kier alpha value is -4.64. The summed E-state index contributed by atoms with van der Waals surface area (Å²) >= 11 is 0. The molecule has 248 valence electrons. The summed E-state index contributed by atoms with van der Waals surface area (Å²) in [4.78, 5) is 34.0. The number of hydrogen-bond donors (Lipinski definition) is 1. The van der Waals surface area contributed by atoms with Gasteiger partial charge in [0.15, 0.2) is 17.9 Å². The van der Waals surface area contributed by atoms with Crippen LogP contribution >= 0.6 is 0 Å². The zero-order valence-corrected chi connectivity index (χ0v) is 27.1. The van der Waals surface area contributed by atoms with Crippen molar-refractivity contribution in [3.63, 3.8) is 0 Å². The number of hydrogen-bond acceptors (Lipinski definition) is 8. The van der Waals surface area contributed by atoms with Crippen molar-refractivity contribution in [3.05, 3.63) is 76.8 Å². The van der Waals surface area contributed by atoms with Gasteiger partial charge in [0.1, 0.15) is 11.6 Å². The molecule has 3 heterocycles. The zero-order chi connectivity index (χ0) is 32.9. The highest BCUT2D eigenvalue weighted by Crippen LogP contribution is 2.44. The van der Waals surface area contributed by atoms with Crippen LogP contribution in [0.1, 0.15) is 61.5 Å². The lowest BCUT2D eigenvalue weighted by atomic mass is 10.00. The lowest BCUT2D eigenvalue weighted by molar-refractivity contribution is -0.120. The molecule has 6 rings (SSSR count). The molecule has 2 aromatic carbocycles. The molecule has 2 fully saturated rings. The van der Waals surface area contributed by atoms with Gasteiger partial charge < -0.3 is 33.7 Å². The predicted octanol–water partition coefficient (Wildman–Crippen LogP) is 5.97. The number of aromatic nitrogens is 1. The molecule has 0 unspecified atom stereocenters. The average molecular weight is 645 g/mol.